The summed E-state index contributed by atoms with van der Waals surface area (Å²) in [5, 5.41) is 11.1. The Bertz CT molecular complexity index is 1010. The molecular weight excluding hydrogens is 674 g/mol. The molecule has 1 atom stereocenters. The molecule has 0 spiro atoms. The maximum absolute atomic E-state index is 13.2. The van der Waals surface area contributed by atoms with Gasteiger partial charge in [-0.2, -0.15) is 0 Å². The van der Waals surface area contributed by atoms with Gasteiger partial charge in [-0.05, 0) is 67.2 Å². The third-order valence-electron chi connectivity index (χ3n) is 8.35. The average molecular weight is 754 g/mol. The summed E-state index contributed by atoms with van der Waals surface area (Å²) in [5.74, 6) is -0.417. The van der Waals surface area contributed by atoms with Crippen LogP contribution in [0, 0.1) is 0 Å². The summed E-state index contributed by atoms with van der Waals surface area (Å²) in [5.41, 5.74) is -1.54. The Labute approximate surface area is 322 Å². The van der Waals surface area contributed by atoms with Crippen LogP contribution in [0.3, 0.4) is 0 Å². The van der Waals surface area contributed by atoms with Gasteiger partial charge in [0.05, 0.1) is 6.61 Å². The highest BCUT2D eigenvalue weighted by Crippen LogP contribution is 2.13. The summed E-state index contributed by atoms with van der Waals surface area (Å²) in [6, 6.07) is -0.814. The summed E-state index contributed by atoms with van der Waals surface area (Å²) in [6.45, 7) is 15.8. The Morgan fingerprint density at radius 3 is 1.49 bits per heavy atom. The van der Waals surface area contributed by atoms with E-state index in [9.17, 15) is 19.2 Å². The van der Waals surface area contributed by atoms with Gasteiger partial charge in [-0.3, -0.25) is 10.1 Å². The fraction of sp³-hybridized carbons (Fsp3) is 0.878. The van der Waals surface area contributed by atoms with E-state index in [1.807, 2.05) is 0 Å². The van der Waals surface area contributed by atoms with Crippen molar-refractivity contribution in [3.8, 4) is 0 Å². The lowest BCUT2D eigenvalue weighted by molar-refractivity contribution is -0.123. The van der Waals surface area contributed by atoms with Gasteiger partial charge in [0.15, 0.2) is 0 Å². The largest absolute Gasteiger partial charge is 0.450 e. The highest BCUT2D eigenvalue weighted by atomic mass is 16.6. The molecule has 4 amide bonds. The molecule has 0 aliphatic rings. The number of hydrogen-bond acceptors (Lipinski definition) is 7. The van der Waals surface area contributed by atoms with Gasteiger partial charge >= 0.3 is 18.3 Å². The van der Waals surface area contributed by atoms with Gasteiger partial charge in [-0.15, -0.1) is 4.99 Å². The molecule has 0 heterocycles. The maximum Gasteiger partial charge on any atom is 0.437 e. The normalized spacial score (nSPS) is 12.5. The highest BCUT2D eigenvalue weighted by Gasteiger charge is 2.23. The number of aliphatic imine (C=N–C) groups is 1. The second kappa shape index (κ2) is 31.3. The zero-order valence-corrected chi connectivity index (χ0v) is 35.1. The van der Waals surface area contributed by atoms with Crippen LogP contribution in [0.15, 0.2) is 4.99 Å². The molecule has 0 rings (SSSR count). The SMILES string of the molecule is CCCCCCCCCCCCCCCCOC(=O)N[C@@H](CCCNC(=NC(=O)OC(C)(C)C)NC(=O)OC(C)(C)C)C(=O)NCCCCCCCC. The number of alkyl carbamates (subject to hydrolysis) is 2. The number of amides is 4. The van der Waals surface area contributed by atoms with Crippen LogP contribution in [-0.2, 0) is 19.0 Å². The molecule has 0 fully saturated rings. The van der Waals surface area contributed by atoms with Crippen LogP contribution in [0.2, 0.25) is 0 Å². The van der Waals surface area contributed by atoms with Crippen LogP contribution in [0.1, 0.15) is 197 Å². The van der Waals surface area contributed by atoms with Crippen LogP contribution in [0.4, 0.5) is 14.4 Å². The molecule has 0 unspecified atom stereocenters. The predicted molar refractivity (Wildman–Crippen MR) is 215 cm³/mol. The first-order valence-electron chi connectivity index (χ1n) is 20.9. The second-order valence-electron chi connectivity index (χ2n) is 16.1. The number of unbranched alkanes of at least 4 members (excludes halogenated alkanes) is 18. The molecular formula is C41H79N5O7. The zero-order chi connectivity index (χ0) is 39.8. The molecule has 0 aromatic heterocycles. The Kier molecular flexibility index (Phi) is 29.5. The van der Waals surface area contributed by atoms with Crippen molar-refractivity contribution in [2.75, 3.05) is 19.7 Å². The first-order chi connectivity index (χ1) is 25.2. The van der Waals surface area contributed by atoms with Gasteiger partial charge in [0, 0.05) is 13.1 Å². The van der Waals surface area contributed by atoms with Crippen LogP contribution in [0.5, 0.6) is 0 Å². The third kappa shape index (κ3) is 34.5. The molecule has 0 radical (unpaired) electrons. The number of hydrogen-bond donors (Lipinski definition) is 4. The molecule has 0 aromatic carbocycles. The van der Waals surface area contributed by atoms with E-state index in [4.69, 9.17) is 14.2 Å². The van der Waals surface area contributed by atoms with Crippen molar-refractivity contribution in [2.24, 2.45) is 4.99 Å². The van der Waals surface area contributed by atoms with Crippen LogP contribution >= 0.6 is 0 Å². The predicted octanol–water partition coefficient (Wildman–Crippen LogP) is 10.2. The smallest absolute Gasteiger partial charge is 0.437 e. The van der Waals surface area contributed by atoms with Crippen molar-refractivity contribution in [3.05, 3.63) is 0 Å². The van der Waals surface area contributed by atoms with Crippen molar-refractivity contribution in [1.82, 2.24) is 21.3 Å². The van der Waals surface area contributed by atoms with Crippen molar-refractivity contribution in [3.63, 3.8) is 0 Å². The van der Waals surface area contributed by atoms with Gasteiger partial charge in [0.25, 0.3) is 0 Å². The number of ether oxygens (including phenoxy) is 3. The summed E-state index contributed by atoms with van der Waals surface area (Å²) in [6.07, 6.45) is 22.5. The molecule has 310 valence electrons. The van der Waals surface area contributed by atoms with Crippen LogP contribution < -0.4 is 21.3 Å². The fourth-order valence-electron chi connectivity index (χ4n) is 5.56. The number of guanidine groups is 1. The highest BCUT2D eigenvalue weighted by molar-refractivity contribution is 5.98. The van der Waals surface area contributed by atoms with Crippen molar-refractivity contribution in [1.29, 1.82) is 0 Å². The summed E-state index contributed by atoms with van der Waals surface area (Å²) in [4.78, 5) is 54.5. The van der Waals surface area contributed by atoms with Crippen molar-refractivity contribution >= 4 is 30.1 Å². The number of rotatable bonds is 28. The molecule has 0 aliphatic carbocycles. The molecule has 12 heteroatoms. The monoisotopic (exact) mass is 754 g/mol. The number of carbonyl (C=O) groups excluding carboxylic acids is 4. The molecule has 0 bridgehead atoms. The van der Waals surface area contributed by atoms with Crippen LogP contribution in [0.25, 0.3) is 0 Å². The first-order valence-corrected chi connectivity index (χ1v) is 20.9. The van der Waals surface area contributed by atoms with Crippen molar-refractivity contribution < 1.29 is 33.4 Å². The quantitative estimate of drug-likeness (QED) is 0.0266. The summed E-state index contributed by atoms with van der Waals surface area (Å²) < 4.78 is 16.0. The lowest BCUT2D eigenvalue weighted by Gasteiger charge is -2.21. The lowest BCUT2D eigenvalue weighted by Crippen LogP contribution is -2.48. The van der Waals surface area contributed by atoms with Gasteiger partial charge < -0.3 is 30.2 Å². The maximum atomic E-state index is 13.2. The van der Waals surface area contributed by atoms with Gasteiger partial charge in [-0.1, -0.05) is 129 Å². The number of nitrogens with one attached hydrogen (secondary N) is 4. The van der Waals surface area contributed by atoms with Gasteiger partial charge in [-0.25, -0.2) is 14.4 Å². The van der Waals surface area contributed by atoms with E-state index in [0.717, 1.165) is 38.5 Å². The van der Waals surface area contributed by atoms with E-state index in [1.54, 1.807) is 41.5 Å². The minimum atomic E-state index is -0.883. The number of carbonyl (C=O) groups is 4. The molecule has 53 heavy (non-hydrogen) atoms. The second-order valence-corrected chi connectivity index (χ2v) is 16.1. The topological polar surface area (TPSA) is 156 Å². The lowest BCUT2D eigenvalue weighted by atomic mass is 10.0. The third-order valence-corrected chi connectivity index (χ3v) is 8.35. The van der Waals surface area contributed by atoms with Gasteiger partial charge in [0.2, 0.25) is 11.9 Å². The summed E-state index contributed by atoms with van der Waals surface area (Å²) >= 11 is 0. The molecule has 0 aromatic rings. The van der Waals surface area contributed by atoms with E-state index >= 15 is 0 Å². The Hall–Kier alpha value is -3.05. The zero-order valence-electron chi connectivity index (χ0n) is 35.1. The number of nitrogens with zero attached hydrogens (tertiary/aromatic N) is 1. The molecule has 0 saturated carbocycles. The van der Waals surface area contributed by atoms with E-state index < -0.39 is 35.5 Å². The summed E-state index contributed by atoms with van der Waals surface area (Å²) in [7, 11) is 0. The Balaban J connectivity index is 4.88. The van der Waals surface area contributed by atoms with E-state index in [2.05, 4.69) is 40.1 Å². The first kappa shape index (κ1) is 49.9. The molecule has 12 nitrogen and oxygen atoms in total. The minimum absolute atomic E-state index is 0.141. The van der Waals surface area contributed by atoms with Crippen LogP contribution in [-0.4, -0.2) is 67.1 Å². The van der Waals surface area contributed by atoms with Crippen molar-refractivity contribution in [2.45, 2.75) is 214 Å². The minimum Gasteiger partial charge on any atom is -0.450 e. The Morgan fingerprint density at radius 1 is 0.547 bits per heavy atom. The standard InChI is InChI=1S/C41H79N5O7/c1-9-11-13-15-17-18-19-20-21-22-23-24-26-28-33-51-37(48)44-34(35(47)42-31-27-25-16-14-12-10-2)30-29-32-43-36(45-38(49)52-40(3,4)5)46-39(50)53-41(6,7)8/h34H,9-33H2,1-8H3,(H,42,47)(H,44,48)(H2,43,45,46,49,50)/t34-/m0/s1. The molecule has 0 aliphatic heterocycles. The van der Waals surface area contributed by atoms with E-state index in [0.29, 0.717) is 19.6 Å². The molecule has 4 N–H and O–H groups in total. The van der Waals surface area contributed by atoms with E-state index in [-0.39, 0.29) is 24.8 Å². The Morgan fingerprint density at radius 2 is 1.00 bits per heavy atom. The van der Waals surface area contributed by atoms with E-state index in [1.165, 1.54) is 89.9 Å². The average Bonchev–Trinajstić information content (AvgIpc) is 3.05. The fourth-order valence-corrected chi connectivity index (χ4v) is 5.56. The van der Waals surface area contributed by atoms with Gasteiger partial charge in [0.1, 0.15) is 17.2 Å². The molecule has 0 saturated heterocycles.